The van der Waals surface area contributed by atoms with Gasteiger partial charge in [0, 0.05) is 25.2 Å². The molecule has 1 atom stereocenters. The Morgan fingerprint density at radius 1 is 1.30 bits per heavy atom. The number of benzene rings is 1. The molecule has 0 saturated carbocycles. The van der Waals surface area contributed by atoms with Gasteiger partial charge in [-0.15, -0.1) is 0 Å². The number of nitrogens with zero attached hydrogens (tertiary/aromatic N) is 1. The van der Waals surface area contributed by atoms with Crippen molar-refractivity contribution < 1.29 is 4.74 Å². The maximum atomic E-state index is 6.15. The van der Waals surface area contributed by atoms with Crippen molar-refractivity contribution in [2.75, 3.05) is 20.2 Å². The first-order valence-electron chi connectivity index (χ1n) is 7.48. The molecular weight excluding hydrogens is 248 g/mol. The van der Waals surface area contributed by atoms with Gasteiger partial charge in [-0.05, 0) is 51.8 Å². The molecule has 0 amide bonds. The SMILES string of the molecule is Cc1ccccc1CN(C)C1(CN)CCOC(C)(C)C1. The van der Waals surface area contributed by atoms with E-state index in [1.54, 1.807) is 0 Å². The van der Waals surface area contributed by atoms with Crippen LogP contribution in [-0.2, 0) is 11.3 Å². The third-order valence-corrected chi connectivity index (χ3v) is 4.67. The molecule has 3 heteroatoms. The van der Waals surface area contributed by atoms with E-state index in [9.17, 15) is 0 Å². The van der Waals surface area contributed by atoms with Crippen LogP contribution >= 0.6 is 0 Å². The van der Waals surface area contributed by atoms with Crippen LogP contribution in [0.1, 0.15) is 37.8 Å². The molecule has 1 aromatic carbocycles. The Morgan fingerprint density at radius 3 is 2.60 bits per heavy atom. The van der Waals surface area contributed by atoms with E-state index in [2.05, 4.69) is 57.0 Å². The number of ether oxygens (including phenoxy) is 1. The van der Waals surface area contributed by atoms with Crippen molar-refractivity contribution in [2.45, 2.75) is 51.3 Å². The molecule has 1 aliphatic heterocycles. The van der Waals surface area contributed by atoms with Gasteiger partial charge in [-0.25, -0.2) is 0 Å². The van der Waals surface area contributed by atoms with Crippen molar-refractivity contribution >= 4 is 0 Å². The molecule has 1 aliphatic rings. The van der Waals surface area contributed by atoms with Crippen LogP contribution in [0.4, 0.5) is 0 Å². The first-order valence-corrected chi connectivity index (χ1v) is 7.48. The van der Waals surface area contributed by atoms with Crippen molar-refractivity contribution in [3.05, 3.63) is 35.4 Å². The molecule has 0 aliphatic carbocycles. The van der Waals surface area contributed by atoms with Gasteiger partial charge in [0.2, 0.25) is 0 Å². The summed E-state index contributed by atoms with van der Waals surface area (Å²) >= 11 is 0. The fourth-order valence-corrected chi connectivity index (χ4v) is 3.32. The Morgan fingerprint density at radius 2 is 2.00 bits per heavy atom. The molecule has 1 saturated heterocycles. The van der Waals surface area contributed by atoms with E-state index in [1.807, 2.05) is 0 Å². The minimum Gasteiger partial charge on any atom is -0.375 e. The standard InChI is InChI=1S/C17H28N2O/c1-14-7-5-6-8-15(14)11-19(4)17(13-18)9-10-20-16(2,3)12-17/h5-8H,9-13,18H2,1-4H3. The van der Waals surface area contributed by atoms with Gasteiger partial charge in [0.05, 0.1) is 5.60 Å². The van der Waals surface area contributed by atoms with Gasteiger partial charge in [-0.1, -0.05) is 24.3 Å². The summed E-state index contributed by atoms with van der Waals surface area (Å²) in [5.74, 6) is 0. The van der Waals surface area contributed by atoms with E-state index in [1.165, 1.54) is 11.1 Å². The second-order valence-electron chi connectivity index (χ2n) is 6.75. The molecule has 2 rings (SSSR count). The Hall–Kier alpha value is -0.900. The number of aryl methyl sites for hydroxylation is 1. The first kappa shape index (κ1) is 15.5. The van der Waals surface area contributed by atoms with Crippen LogP contribution in [0.5, 0.6) is 0 Å². The van der Waals surface area contributed by atoms with E-state index in [-0.39, 0.29) is 11.1 Å². The summed E-state index contributed by atoms with van der Waals surface area (Å²) in [6.45, 7) is 8.92. The molecular formula is C17H28N2O. The van der Waals surface area contributed by atoms with Crippen molar-refractivity contribution in [3.8, 4) is 0 Å². The van der Waals surface area contributed by atoms with E-state index in [0.717, 1.165) is 26.0 Å². The van der Waals surface area contributed by atoms with Crippen molar-refractivity contribution in [3.63, 3.8) is 0 Å². The van der Waals surface area contributed by atoms with Gasteiger partial charge >= 0.3 is 0 Å². The minimum atomic E-state index is -0.0857. The summed E-state index contributed by atoms with van der Waals surface area (Å²) < 4.78 is 5.86. The number of hydrogen-bond donors (Lipinski definition) is 1. The zero-order chi connectivity index (χ0) is 14.8. The number of hydrogen-bond acceptors (Lipinski definition) is 3. The highest BCUT2D eigenvalue weighted by Crippen LogP contribution is 2.36. The molecule has 1 heterocycles. The summed E-state index contributed by atoms with van der Waals surface area (Å²) in [6, 6.07) is 8.58. The van der Waals surface area contributed by atoms with Gasteiger partial charge in [-0.2, -0.15) is 0 Å². The second kappa shape index (κ2) is 5.84. The first-order chi connectivity index (χ1) is 9.38. The Balaban J connectivity index is 2.17. The van der Waals surface area contributed by atoms with Gasteiger partial charge in [0.1, 0.15) is 0 Å². The lowest BCUT2D eigenvalue weighted by atomic mass is 9.80. The lowest BCUT2D eigenvalue weighted by Gasteiger charge is -2.49. The number of rotatable bonds is 4. The highest BCUT2D eigenvalue weighted by molar-refractivity contribution is 5.25. The molecule has 112 valence electrons. The summed E-state index contributed by atoms with van der Waals surface area (Å²) in [7, 11) is 2.20. The van der Waals surface area contributed by atoms with Crippen molar-refractivity contribution in [1.82, 2.24) is 4.90 Å². The van der Waals surface area contributed by atoms with E-state index in [0.29, 0.717) is 6.54 Å². The van der Waals surface area contributed by atoms with Crippen LogP contribution in [0.2, 0.25) is 0 Å². The van der Waals surface area contributed by atoms with Gasteiger partial charge in [-0.3, -0.25) is 4.90 Å². The highest BCUT2D eigenvalue weighted by atomic mass is 16.5. The highest BCUT2D eigenvalue weighted by Gasteiger charge is 2.42. The van der Waals surface area contributed by atoms with E-state index in [4.69, 9.17) is 10.5 Å². The second-order valence-corrected chi connectivity index (χ2v) is 6.75. The summed E-state index contributed by atoms with van der Waals surface area (Å²) in [5.41, 5.74) is 8.84. The predicted octanol–water partition coefficient (Wildman–Crippen LogP) is 2.71. The molecule has 0 aromatic heterocycles. The van der Waals surface area contributed by atoms with Crippen LogP contribution in [-0.4, -0.2) is 36.2 Å². The van der Waals surface area contributed by atoms with Crippen molar-refractivity contribution in [2.24, 2.45) is 5.73 Å². The maximum absolute atomic E-state index is 6.15. The monoisotopic (exact) mass is 276 g/mol. The lowest BCUT2D eigenvalue weighted by molar-refractivity contribution is -0.115. The summed E-state index contributed by atoms with van der Waals surface area (Å²) in [6.07, 6.45) is 1.99. The quantitative estimate of drug-likeness (QED) is 0.919. The molecule has 1 aromatic rings. The average Bonchev–Trinajstić information content (AvgIpc) is 2.40. The molecule has 20 heavy (non-hydrogen) atoms. The van der Waals surface area contributed by atoms with Crippen molar-refractivity contribution in [1.29, 1.82) is 0 Å². The van der Waals surface area contributed by atoms with Gasteiger partial charge in [0.15, 0.2) is 0 Å². The predicted molar refractivity (Wildman–Crippen MR) is 83.7 cm³/mol. The lowest BCUT2D eigenvalue weighted by Crippen LogP contribution is -2.59. The fraction of sp³-hybridized carbons (Fsp3) is 0.647. The Kier molecular flexibility index (Phi) is 4.52. The Labute approximate surface area is 123 Å². The average molecular weight is 276 g/mol. The van der Waals surface area contributed by atoms with Crippen LogP contribution in [0.15, 0.2) is 24.3 Å². The van der Waals surface area contributed by atoms with Crippen LogP contribution in [0.3, 0.4) is 0 Å². The molecule has 1 unspecified atom stereocenters. The number of likely N-dealkylation sites (N-methyl/N-ethyl adjacent to an activating group) is 1. The minimum absolute atomic E-state index is 0.0457. The molecule has 2 N–H and O–H groups in total. The third kappa shape index (κ3) is 3.22. The maximum Gasteiger partial charge on any atom is 0.0644 e. The molecule has 0 bridgehead atoms. The largest absolute Gasteiger partial charge is 0.375 e. The van der Waals surface area contributed by atoms with Gasteiger partial charge < -0.3 is 10.5 Å². The summed E-state index contributed by atoms with van der Waals surface area (Å²) in [5, 5.41) is 0. The van der Waals surface area contributed by atoms with E-state index < -0.39 is 0 Å². The zero-order valence-corrected chi connectivity index (χ0v) is 13.3. The van der Waals surface area contributed by atoms with E-state index >= 15 is 0 Å². The topological polar surface area (TPSA) is 38.5 Å². The zero-order valence-electron chi connectivity index (χ0n) is 13.3. The summed E-state index contributed by atoms with van der Waals surface area (Å²) in [4.78, 5) is 2.43. The van der Waals surface area contributed by atoms with Crippen LogP contribution in [0, 0.1) is 6.92 Å². The third-order valence-electron chi connectivity index (χ3n) is 4.67. The van der Waals surface area contributed by atoms with Crippen LogP contribution in [0.25, 0.3) is 0 Å². The fourth-order valence-electron chi connectivity index (χ4n) is 3.32. The normalized spacial score (nSPS) is 25.9. The Bertz CT molecular complexity index is 458. The molecule has 0 spiro atoms. The van der Waals surface area contributed by atoms with Crippen LogP contribution < -0.4 is 5.73 Å². The van der Waals surface area contributed by atoms with Gasteiger partial charge in [0.25, 0.3) is 0 Å². The smallest absolute Gasteiger partial charge is 0.0644 e. The number of nitrogens with two attached hydrogens (primary N) is 1. The molecule has 3 nitrogen and oxygen atoms in total. The molecule has 1 fully saturated rings. The molecule has 0 radical (unpaired) electrons.